The Balaban J connectivity index is 1.60. The predicted molar refractivity (Wildman–Crippen MR) is 114 cm³/mol. The largest absolute Gasteiger partial charge is 0.391 e. The Bertz CT molecular complexity index is 1250. The first-order valence-corrected chi connectivity index (χ1v) is 10.2. The first-order chi connectivity index (χ1) is 14.9. The van der Waals surface area contributed by atoms with E-state index in [9.17, 15) is 18.7 Å². The third kappa shape index (κ3) is 3.45. The zero-order valence-corrected chi connectivity index (χ0v) is 17.0. The minimum Gasteiger partial charge on any atom is -0.391 e. The van der Waals surface area contributed by atoms with Gasteiger partial charge in [0.05, 0.1) is 17.3 Å². The van der Waals surface area contributed by atoms with Gasteiger partial charge in [-0.3, -0.25) is 9.89 Å². The van der Waals surface area contributed by atoms with E-state index in [-0.39, 0.29) is 12.5 Å². The van der Waals surface area contributed by atoms with Crippen molar-refractivity contribution in [2.45, 2.75) is 25.9 Å². The number of aromatic amines is 1. The van der Waals surface area contributed by atoms with Crippen LogP contribution in [-0.4, -0.2) is 45.3 Å². The highest BCUT2D eigenvalue weighted by atomic mass is 19.1. The Kier molecular flexibility index (Phi) is 4.70. The average Bonchev–Trinajstić information content (AvgIpc) is 3.44. The number of H-pyrrole nitrogens is 1. The Morgan fingerprint density at radius 2 is 2.00 bits per heavy atom. The lowest BCUT2D eigenvalue weighted by Gasteiger charge is -2.17. The molecule has 2 aromatic carbocycles. The molecule has 5 rings (SSSR count). The Labute approximate surface area is 177 Å². The minimum atomic E-state index is -0.694. The van der Waals surface area contributed by atoms with Crippen molar-refractivity contribution in [3.05, 3.63) is 76.5 Å². The van der Waals surface area contributed by atoms with Crippen LogP contribution >= 0.6 is 0 Å². The molecule has 1 amide bonds. The summed E-state index contributed by atoms with van der Waals surface area (Å²) < 4.78 is 27.9. The van der Waals surface area contributed by atoms with Crippen molar-refractivity contribution in [1.82, 2.24) is 15.1 Å². The first kappa shape index (κ1) is 19.6. The molecule has 31 heavy (non-hydrogen) atoms. The quantitative estimate of drug-likeness (QED) is 0.672. The molecule has 0 radical (unpaired) electrons. The van der Waals surface area contributed by atoms with Crippen LogP contribution in [0, 0.1) is 18.6 Å². The van der Waals surface area contributed by atoms with Crippen LogP contribution in [0.15, 0.2) is 48.0 Å². The van der Waals surface area contributed by atoms with Gasteiger partial charge in [-0.25, -0.2) is 8.78 Å². The van der Waals surface area contributed by atoms with Crippen molar-refractivity contribution in [2.75, 3.05) is 13.1 Å². The molecule has 7 heteroatoms. The van der Waals surface area contributed by atoms with Gasteiger partial charge >= 0.3 is 0 Å². The minimum absolute atomic E-state index is 0.248. The van der Waals surface area contributed by atoms with Gasteiger partial charge in [0.15, 0.2) is 0 Å². The lowest BCUT2D eigenvalue weighted by molar-refractivity contribution is -0.126. The number of allylic oxidation sites excluding steroid dienone is 2. The predicted octanol–water partition coefficient (Wildman–Crippen LogP) is 3.98. The van der Waals surface area contributed by atoms with Crippen molar-refractivity contribution < 1.29 is 18.7 Å². The number of fused-ring (bicyclic) bond motifs is 1. The fourth-order valence-corrected chi connectivity index (χ4v) is 4.45. The second kappa shape index (κ2) is 7.42. The van der Waals surface area contributed by atoms with E-state index in [1.807, 2.05) is 25.1 Å². The van der Waals surface area contributed by atoms with Crippen molar-refractivity contribution in [3.63, 3.8) is 0 Å². The third-order valence-electron chi connectivity index (χ3n) is 6.01. The number of β-amino-alcohol motifs (C(OH)–C–C–N with tert-alkyl or cyclic N) is 1. The molecule has 2 heterocycles. The lowest BCUT2D eigenvalue weighted by atomic mass is 9.98. The van der Waals surface area contributed by atoms with Crippen LogP contribution in [-0.2, 0) is 4.79 Å². The molecule has 1 saturated heterocycles. The highest BCUT2D eigenvalue weighted by Crippen LogP contribution is 2.41. The summed E-state index contributed by atoms with van der Waals surface area (Å²) in [6.07, 6.45) is 2.06. The number of carbonyl (C=O) groups excluding carboxylic acids is 1. The molecule has 1 fully saturated rings. The Morgan fingerprint density at radius 3 is 2.71 bits per heavy atom. The average molecular weight is 421 g/mol. The van der Waals surface area contributed by atoms with E-state index in [1.165, 1.54) is 12.1 Å². The third-order valence-corrected chi connectivity index (χ3v) is 6.01. The number of nitrogens with zero attached hydrogens (tertiary/aromatic N) is 2. The lowest BCUT2D eigenvalue weighted by Crippen LogP contribution is -2.30. The molecule has 0 saturated carbocycles. The normalized spacial score (nSPS) is 18.9. The zero-order chi connectivity index (χ0) is 21.7. The van der Waals surface area contributed by atoms with Crippen molar-refractivity contribution >= 4 is 28.0 Å². The smallest absolute Gasteiger partial charge is 0.254 e. The number of aryl methyl sites for hydroxylation is 1. The van der Waals surface area contributed by atoms with Crippen LogP contribution in [0.3, 0.4) is 0 Å². The number of hydrogen-bond acceptors (Lipinski definition) is 3. The van der Waals surface area contributed by atoms with Crippen LogP contribution in [0.1, 0.15) is 29.7 Å². The number of aliphatic hydroxyl groups is 1. The van der Waals surface area contributed by atoms with E-state index in [1.54, 1.807) is 11.0 Å². The molecule has 3 aromatic rings. The molecular weight excluding hydrogens is 400 g/mol. The van der Waals surface area contributed by atoms with E-state index in [0.717, 1.165) is 33.8 Å². The Hall–Kier alpha value is -3.32. The maximum Gasteiger partial charge on any atom is 0.254 e. The van der Waals surface area contributed by atoms with Gasteiger partial charge < -0.3 is 10.0 Å². The number of carbonyl (C=O) groups is 1. The van der Waals surface area contributed by atoms with E-state index in [2.05, 4.69) is 10.2 Å². The summed E-state index contributed by atoms with van der Waals surface area (Å²) in [5, 5.41) is 18.3. The van der Waals surface area contributed by atoms with Gasteiger partial charge in [0.2, 0.25) is 0 Å². The highest BCUT2D eigenvalue weighted by molar-refractivity contribution is 6.11. The SMILES string of the molecule is Cc1cccc2c(C3=CC(C(=O)N4CC[C@@H](O)C4)=C(c4cc(F)cc(F)c4)C3)n[nH]c12. The second-order valence-corrected chi connectivity index (χ2v) is 8.16. The fraction of sp³-hybridized carbons (Fsp3) is 0.250. The van der Waals surface area contributed by atoms with Gasteiger partial charge in [0, 0.05) is 36.5 Å². The van der Waals surface area contributed by atoms with Crippen LogP contribution in [0.2, 0.25) is 0 Å². The molecule has 2 aliphatic rings. The summed E-state index contributed by atoms with van der Waals surface area (Å²) in [6.45, 7) is 2.68. The molecule has 0 unspecified atom stereocenters. The van der Waals surface area contributed by atoms with E-state index in [0.29, 0.717) is 36.1 Å². The molecule has 1 aliphatic carbocycles. The number of halogens is 2. The second-order valence-electron chi connectivity index (χ2n) is 8.16. The zero-order valence-electron chi connectivity index (χ0n) is 17.0. The van der Waals surface area contributed by atoms with Gasteiger partial charge in [-0.05, 0) is 53.8 Å². The molecule has 1 aromatic heterocycles. The van der Waals surface area contributed by atoms with Crippen molar-refractivity contribution in [2.24, 2.45) is 0 Å². The number of nitrogens with one attached hydrogen (secondary N) is 1. The highest BCUT2D eigenvalue weighted by Gasteiger charge is 2.32. The number of aromatic nitrogens is 2. The molecule has 5 nitrogen and oxygen atoms in total. The number of amides is 1. The molecule has 1 atom stereocenters. The maximum absolute atomic E-state index is 14.0. The number of rotatable bonds is 3. The van der Waals surface area contributed by atoms with Gasteiger partial charge in [-0.15, -0.1) is 0 Å². The van der Waals surface area contributed by atoms with Gasteiger partial charge in [0.1, 0.15) is 11.6 Å². The van der Waals surface area contributed by atoms with Gasteiger partial charge in [-0.1, -0.05) is 18.2 Å². The first-order valence-electron chi connectivity index (χ1n) is 10.2. The molecule has 0 bridgehead atoms. The van der Waals surface area contributed by atoms with Gasteiger partial charge in [0.25, 0.3) is 5.91 Å². The topological polar surface area (TPSA) is 69.2 Å². The molecule has 2 N–H and O–H groups in total. The monoisotopic (exact) mass is 421 g/mol. The number of benzene rings is 2. The number of hydrogen-bond donors (Lipinski definition) is 2. The van der Waals surface area contributed by atoms with Crippen LogP contribution < -0.4 is 0 Å². The van der Waals surface area contributed by atoms with Crippen LogP contribution in [0.5, 0.6) is 0 Å². The summed E-state index contributed by atoms with van der Waals surface area (Å²) in [5.74, 6) is -1.64. The molecule has 1 aliphatic heterocycles. The molecule has 0 spiro atoms. The maximum atomic E-state index is 14.0. The van der Waals surface area contributed by atoms with E-state index in [4.69, 9.17) is 0 Å². The van der Waals surface area contributed by atoms with Crippen molar-refractivity contribution in [3.8, 4) is 0 Å². The van der Waals surface area contributed by atoms with E-state index >= 15 is 0 Å². The molecule has 158 valence electrons. The van der Waals surface area contributed by atoms with Crippen LogP contribution in [0.25, 0.3) is 22.0 Å². The standard InChI is InChI=1S/C24H21F2N3O2/c1-13-3-2-4-19-22(13)27-28-23(19)15-9-20(14-7-16(25)11-17(26)8-14)21(10-15)24(31)29-6-5-18(30)12-29/h2-4,7-8,10-11,18,30H,5-6,9,12H2,1H3,(H,27,28)/t18-/m1/s1. The summed E-state index contributed by atoms with van der Waals surface area (Å²) in [5.41, 5.74) is 4.78. The summed E-state index contributed by atoms with van der Waals surface area (Å²) in [4.78, 5) is 14.9. The number of likely N-dealkylation sites (tertiary alicyclic amines) is 1. The van der Waals surface area contributed by atoms with Crippen LogP contribution in [0.4, 0.5) is 8.78 Å². The fourth-order valence-electron chi connectivity index (χ4n) is 4.45. The summed E-state index contributed by atoms with van der Waals surface area (Å²) in [6, 6.07) is 9.19. The number of para-hydroxylation sites is 1. The summed E-state index contributed by atoms with van der Waals surface area (Å²) >= 11 is 0. The Morgan fingerprint density at radius 1 is 1.23 bits per heavy atom. The summed E-state index contributed by atoms with van der Waals surface area (Å²) in [7, 11) is 0. The van der Waals surface area contributed by atoms with Gasteiger partial charge in [-0.2, -0.15) is 5.10 Å². The van der Waals surface area contributed by atoms with Crippen molar-refractivity contribution in [1.29, 1.82) is 0 Å². The van der Waals surface area contributed by atoms with E-state index < -0.39 is 17.7 Å². The molecular formula is C24H21F2N3O2. The number of aliphatic hydroxyl groups excluding tert-OH is 1.